The Morgan fingerprint density at radius 2 is 0.364 bits per heavy atom. The van der Waals surface area contributed by atoms with E-state index in [4.69, 9.17) is 119 Å². The Hall–Kier alpha value is -6.65. The van der Waals surface area contributed by atoms with Gasteiger partial charge in [-0.3, -0.25) is 52.7 Å². The second-order valence-electron chi connectivity index (χ2n) is 25.4. The maximum atomic E-state index is 12.1. The zero-order valence-corrected chi connectivity index (χ0v) is 71.1. The SMILES string of the molecule is C=C(COCC(=O)NCCOCCOCCOCCCC(=O)COCC(=O)CCCOCCOCCOCCC)NCCOCCOCCOCCNC(=O)COCC(=O)NCCOCCOCCOCCNC(=O)COCC(=O)NCCOCCOCCOCCNC(=O)COCC(=O)NCCOCCOCCOCCCC(=O)COCC(N)=O. The van der Waals surface area contributed by atoms with Crippen molar-refractivity contribution in [2.75, 3.05) is 369 Å². The van der Waals surface area contributed by atoms with Crippen LogP contribution in [-0.4, -0.2) is 434 Å². The number of nitrogens with one attached hydrogen (secondary N) is 8. The molecule has 0 aliphatic rings. The molecule has 0 heterocycles. The van der Waals surface area contributed by atoms with E-state index in [0.29, 0.717) is 216 Å². The van der Waals surface area contributed by atoms with Gasteiger partial charge >= 0.3 is 0 Å². The Morgan fingerprint density at radius 3 is 0.570 bits per heavy atom. The Kier molecular flexibility index (Phi) is 87.4. The number of nitrogens with two attached hydrogens (primary N) is 1. The first-order valence-corrected chi connectivity index (χ1v) is 41.1. The summed E-state index contributed by atoms with van der Waals surface area (Å²) in [6.45, 7) is 18.3. The molecule has 10 N–H and O–H groups in total. The molecule has 0 aromatic heterocycles. The standard InChI is InChI=1S/C77H141N9O35/c1-3-18-98-30-42-110-43-31-99-19-4-7-67(87)55-117-56-68(88)8-5-20-100-32-44-111-47-35-103-23-11-80-71(91)59-116-54-66(2)79-10-22-102-34-46-113-49-37-105-25-13-82-73(93)61-120-63-75(95)84-15-27-107-39-51-115-53-41-109-29-17-86-77(97)65-121-64-76(96)85-16-28-108-40-52-114-50-38-106-26-14-83-74(94)62-119-60-72(92)81-12-24-104-36-48-112-45-33-101-21-6-9-69(89)57-118-58-70(78)90/h79H,2-65H2,1H3,(H2,78,90)(H,80,91)(H,81,92)(H,82,93)(H,83,94)(H,84,95)(H,85,96)(H,86,97). The van der Waals surface area contributed by atoms with Crippen LogP contribution in [0.15, 0.2) is 12.3 Å². The van der Waals surface area contributed by atoms with Gasteiger partial charge in [0.1, 0.15) is 72.7 Å². The van der Waals surface area contributed by atoms with E-state index in [1.165, 1.54) is 0 Å². The van der Waals surface area contributed by atoms with E-state index >= 15 is 0 Å². The van der Waals surface area contributed by atoms with E-state index in [-0.39, 0.29) is 214 Å². The van der Waals surface area contributed by atoms with Crippen LogP contribution in [0.3, 0.4) is 0 Å². The van der Waals surface area contributed by atoms with Crippen LogP contribution in [0.2, 0.25) is 0 Å². The van der Waals surface area contributed by atoms with Crippen LogP contribution in [0.4, 0.5) is 0 Å². The van der Waals surface area contributed by atoms with Crippen molar-refractivity contribution in [3.8, 4) is 0 Å². The third kappa shape index (κ3) is 93.9. The van der Waals surface area contributed by atoms with Crippen molar-refractivity contribution in [2.45, 2.75) is 51.9 Å². The van der Waals surface area contributed by atoms with E-state index in [2.05, 4.69) is 56.0 Å². The van der Waals surface area contributed by atoms with Crippen molar-refractivity contribution >= 4 is 64.6 Å². The molecule has 44 nitrogen and oxygen atoms in total. The number of ether oxygens (including phenoxy) is 24. The lowest BCUT2D eigenvalue weighted by Gasteiger charge is -2.11. The second-order valence-corrected chi connectivity index (χ2v) is 25.4. The van der Waals surface area contributed by atoms with Crippen LogP contribution in [0.25, 0.3) is 0 Å². The second kappa shape index (κ2) is 92.5. The van der Waals surface area contributed by atoms with Gasteiger partial charge in [-0.1, -0.05) is 13.5 Å². The number of Topliss-reactive ketones (excluding diaryl/α,β-unsaturated/α-hetero) is 3. The number of hydrogen-bond acceptors (Lipinski definition) is 36. The third-order valence-electron chi connectivity index (χ3n) is 14.6. The lowest BCUT2D eigenvalue weighted by molar-refractivity contribution is -0.132. The zero-order chi connectivity index (χ0) is 88.1. The molecule has 0 atom stereocenters. The Balaban J connectivity index is 3.43. The summed E-state index contributed by atoms with van der Waals surface area (Å²) in [6, 6.07) is 0. The minimum Gasteiger partial charge on any atom is -0.385 e. The summed E-state index contributed by atoms with van der Waals surface area (Å²) in [6.07, 6.45) is 3.50. The maximum absolute atomic E-state index is 12.1. The molecule has 0 saturated heterocycles. The highest BCUT2D eigenvalue weighted by atomic mass is 16.6. The number of ketones is 3. The third-order valence-corrected chi connectivity index (χ3v) is 14.6. The fourth-order valence-corrected chi connectivity index (χ4v) is 8.79. The smallest absolute Gasteiger partial charge is 0.246 e. The summed E-state index contributed by atoms with van der Waals surface area (Å²) in [7, 11) is 0. The largest absolute Gasteiger partial charge is 0.385 e. The molecule has 0 aromatic rings. The van der Waals surface area contributed by atoms with E-state index in [1.54, 1.807) is 0 Å². The molecule has 0 unspecified atom stereocenters. The fourth-order valence-electron chi connectivity index (χ4n) is 8.79. The van der Waals surface area contributed by atoms with Gasteiger partial charge in [0.2, 0.25) is 47.3 Å². The first-order chi connectivity index (χ1) is 59.1. The molecule has 0 fully saturated rings. The highest BCUT2D eigenvalue weighted by molar-refractivity contribution is 5.83. The monoisotopic (exact) mass is 1750 g/mol. The van der Waals surface area contributed by atoms with Gasteiger partial charge < -0.3 is 162 Å². The Bertz CT molecular complexity index is 2540. The van der Waals surface area contributed by atoms with Gasteiger partial charge in [-0.05, 0) is 25.7 Å². The van der Waals surface area contributed by atoms with Gasteiger partial charge in [0.25, 0.3) is 0 Å². The first kappa shape index (κ1) is 114. The summed E-state index contributed by atoms with van der Waals surface area (Å²) >= 11 is 0. The number of hydrogen-bond donors (Lipinski definition) is 9. The molecular formula is C77H141N9O35. The molecular weight excluding hydrogens is 1610 g/mol. The van der Waals surface area contributed by atoms with E-state index in [1.807, 2.05) is 0 Å². The normalized spacial score (nSPS) is 11.2. The quantitative estimate of drug-likeness (QED) is 0.0258. The number of primary amides is 1. The minimum atomic E-state index is -0.631. The minimum absolute atomic E-state index is 0.0757. The first-order valence-electron chi connectivity index (χ1n) is 41.1. The summed E-state index contributed by atoms with van der Waals surface area (Å²) in [5.74, 6) is -3.67. The lowest BCUT2D eigenvalue weighted by atomic mass is 10.2. The number of carbonyl (C=O) groups is 11. The van der Waals surface area contributed by atoms with Crippen molar-refractivity contribution in [1.29, 1.82) is 0 Å². The van der Waals surface area contributed by atoms with Gasteiger partial charge in [0.05, 0.1) is 218 Å². The van der Waals surface area contributed by atoms with Crippen molar-refractivity contribution in [3.63, 3.8) is 0 Å². The lowest BCUT2D eigenvalue weighted by Crippen LogP contribution is -2.34. The topological polar surface area (TPSA) is 532 Å². The van der Waals surface area contributed by atoms with Crippen LogP contribution in [0.1, 0.15) is 51.9 Å². The highest BCUT2D eigenvalue weighted by Gasteiger charge is 2.13. The average molecular weight is 1750 g/mol. The van der Waals surface area contributed by atoms with Crippen LogP contribution >= 0.6 is 0 Å². The van der Waals surface area contributed by atoms with Gasteiger partial charge in [0, 0.05) is 104 Å². The Labute approximate surface area is 710 Å². The van der Waals surface area contributed by atoms with E-state index in [0.717, 1.165) is 13.0 Å². The van der Waals surface area contributed by atoms with Crippen molar-refractivity contribution in [1.82, 2.24) is 42.5 Å². The molecule has 0 rings (SSSR count). The molecule has 0 radical (unpaired) electrons. The van der Waals surface area contributed by atoms with Crippen LogP contribution < -0.4 is 48.3 Å². The van der Waals surface area contributed by atoms with Crippen LogP contribution in [0, 0.1) is 0 Å². The maximum Gasteiger partial charge on any atom is 0.246 e. The number of rotatable bonds is 99. The molecule has 0 aromatic carbocycles. The summed E-state index contributed by atoms with van der Waals surface area (Å²) in [4.78, 5) is 130. The van der Waals surface area contributed by atoms with Crippen LogP contribution in [-0.2, 0) is 166 Å². The molecule has 8 amide bonds. The van der Waals surface area contributed by atoms with Crippen molar-refractivity contribution in [3.05, 3.63) is 12.3 Å². The molecule has 0 spiro atoms. The molecule has 704 valence electrons. The molecule has 0 aliphatic carbocycles. The number of carbonyl (C=O) groups excluding carboxylic acids is 11. The number of amides is 8. The van der Waals surface area contributed by atoms with Crippen LogP contribution in [0.5, 0.6) is 0 Å². The molecule has 0 bridgehead atoms. The van der Waals surface area contributed by atoms with E-state index < -0.39 is 41.4 Å². The molecule has 0 aliphatic heterocycles. The zero-order valence-electron chi connectivity index (χ0n) is 71.1. The summed E-state index contributed by atoms with van der Waals surface area (Å²) < 4.78 is 129. The van der Waals surface area contributed by atoms with Gasteiger partial charge in [-0.2, -0.15) is 0 Å². The Morgan fingerprint density at radius 1 is 0.198 bits per heavy atom. The van der Waals surface area contributed by atoms with Gasteiger partial charge in [-0.25, -0.2) is 0 Å². The fraction of sp³-hybridized carbons (Fsp3) is 0.831. The molecule has 0 saturated carbocycles. The predicted octanol–water partition coefficient (Wildman–Crippen LogP) is -4.76. The van der Waals surface area contributed by atoms with Crippen molar-refractivity contribution in [2.24, 2.45) is 5.73 Å². The van der Waals surface area contributed by atoms with Gasteiger partial charge in [0.15, 0.2) is 17.3 Å². The summed E-state index contributed by atoms with van der Waals surface area (Å²) in [5, 5.41) is 21.5. The summed E-state index contributed by atoms with van der Waals surface area (Å²) in [5.41, 5.74) is 5.53. The van der Waals surface area contributed by atoms with E-state index in [9.17, 15) is 52.7 Å². The van der Waals surface area contributed by atoms with Crippen molar-refractivity contribution < 1.29 is 166 Å². The molecule has 44 heteroatoms. The highest BCUT2D eigenvalue weighted by Crippen LogP contribution is 2.00. The molecule has 121 heavy (non-hydrogen) atoms. The van der Waals surface area contributed by atoms with Gasteiger partial charge in [-0.15, -0.1) is 0 Å². The predicted molar refractivity (Wildman–Crippen MR) is 430 cm³/mol. The average Bonchev–Trinajstić information content (AvgIpc) is 1.05.